The van der Waals surface area contributed by atoms with Gasteiger partial charge in [-0.15, -0.1) is 0 Å². The molecule has 0 saturated carbocycles. The zero-order valence-corrected chi connectivity index (χ0v) is 22.2. The fraction of sp³-hybridized carbons (Fsp3) is 0.0556. The first-order valence-corrected chi connectivity index (χ1v) is 13.5. The molecule has 6 aromatic rings. The summed E-state index contributed by atoms with van der Waals surface area (Å²) in [6.45, 7) is 2.23. The second-order valence-electron chi connectivity index (χ2n) is 10.5. The summed E-state index contributed by atoms with van der Waals surface area (Å²) in [6.07, 6.45) is 0. The van der Waals surface area contributed by atoms with Crippen molar-refractivity contribution >= 4 is 0 Å². The van der Waals surface area contributed by atoms with Gasteiger partial charge in [-0.3, -0.25) is 0 Å². The molecule has 1 aliphatic heterocycles. The second kappa shape index (κ2) is 8.70. The molecule has 5 nitrogen and oxygen atoms in total. The van der Waals surface area contributed by atoms with Gasteiger partial charge >= 0.3 is 0 Å². The Bertz CT molecular complexity index is 1990. The van der Waals surface area contributed by atoms with Crippen LogP contribution in [0.15, 0.2) is 115 Å². The van der Waals surface area contributed by atoms with Crippen LogP contribution >= 0.6 is 0 Å². The molecule has 0 radical (unpaired) electrons. The lowest BCUT2D eigenvalue weighted by molar-refractivity contribution is 0.430. The quantitative estimate of drug-likeness (QED) is 0.232. The summed E-state index contributed by atoms with van der Waals surface area (Å²) in [6, 6.07) is 40.7. The van der Waals surface area contributed by atoms with E-state index in [1.54, 1.807) is 0 Å². The smallest absolute Gasteiger partial charge is 0.164 e. The predicted octanol–water partition coefficient (Wildman–Crippen LogP) is 8.18. The lowest BCUT2D eigenvalue weighted by atomic mass is 9.72. The molecule has 8 rings (SSSR count). The van der Waals surface area contributed by atoms with Crippen LogP contribution in [-0.4, -0.2) is 15.0 Å². The third-order valence-corrected chi connectivity index (χ3v) is 8.22. The number of hydrogen-bond donors (Lipinski definition) is 0. The number of benzene rings is 5. The molecular formula is C36H22N4O. The molecule has 5 aromatic carbocycles. The number of nitriles is 1. The molecule has 0 amide bonds. The van der Waals surface area contributed by atoms with E-state index in [0.717, 1.165) is 44.7 Å². The van der Waals surface area contributed by atoms with E-state index in [1.165, 1.54) is 5.56 Å². The molecular weight excluding hydrogens is 504 g/mol. The molecule has 5 heteroatoms. The van der Waals surface area contributed by atoms with Gasteiger partial charge in [0.25, 0.3) is 0 Å². The summed E-state index contributed by atoms with van der Waals surface area (Å²) in [5.41, 5.74) is 8.40. The molecule has 1 aliphatic carbocycles. The largest absolute Gasteiger partial charge is 0.455 e. The van der Waals surface area contributed by atoms with Gasteiger partial charge in [-0.05, 0) is 41.8 Å². The number of ether oxygens (including phenoxy) is 1. The van der Waals surface area contributed by atoms with E-state index in [9.17, 15) is 5.26 Å². The molecule has 0 bridgehead atoms. The van der Waals surface area contributed by atoms with Crippen LogP contribution in [0.1, 0.15) is 29.2 Å². The molecule has 1 aromatic heterocycles. The van der Waals surface area contributed by atoms with Crippen LogP contribution < -0.4 is 4.74 Å². The van der Waals surface area contributed by atoms with Crippen molar-refractivity contribution in [1.82, 2.24) is 15.0 Å². The maximum absolute atomic E-state index is 9.82. The molecule has 41 heavy (non-hydrogen) atoms. The van der Waals surface area contributed by atoms with Crippen molar-refractivity contribution in [2.75, 3.05) is 0 Å². The SMILES string of the molecule is CC12c3ccc(-c4nc(-c5ccccc5)nc(-c5ccccc5)n4)cc3-c3cccc(c31)Oc1c(C#N)cccc12. The fourth-order valence-corrected chi connectivity index (χ4v) is 6.29. The Balaban J connectivity index is 1.35. The molecule has 2 aliphatic rings. The highest BCUT2D eigenvalue weighted by molar-refractivity contribution is 5.89. The standard InChI is InChI=1S/C36H22N4O/c1-36-28-19-18-24(35-39-33(22-10-4-2-5-11-22)38-34(40-35)23-12-6-3-7-13-23)20-27(28)26-15-9-17-30(31(26)36)41-32-25(21-37)14-8-16-29(32)36/h2-20H,1H3. The Hall–Kier alpha value is -5.60. The van der Waals surface area contributed by atoms with Crippen molar-refractivity contribution < 1.29 is 4.74 Å². The highest BCUT2D eigenvalue weighted by Gasteiger charge is 2.47. The molecule has 0 N–H and O–H groups in total. The van der Waals surface area contributed by atoms with Gasteiger partial charge in [-0.25, -0.2) is 15.0 Å². The van der Waals surface area contributed by atoms with Crippen molar-refractivity contribution in [1.29, 1.82) is 5.26 Å². The van der Waals surface area contributed by atoms with Gasteiger partial charge in [-0.2, -0.15) is 5.26 Å². The van der Waals surface area contributed by atoms with E-state index < -0.39 is 5.41 Å². The molecule has 0 spiro atoms. The van der Waals surface area contributed by atoms with Gasteiger partial charge in [-0.1, -0.05) is 97.1 Å². The maximum Gasteiger partial charge on any atom is 0.164 e. The number of rotatable bonds is 3. The van der Waals surface area contributed by atoms with Gasteiger partial charge in [0.1, 0.15) is 17.6 Å². The summed E-state index contributed by atoms with van der Waals surface area (Å²) in [5.74, 6) is 3.30. The Kier molecular flexibility index (Phi) is 4.95. The summed E-state index contributed by atoms with van der Waals surface area (Å²) < 4.78 is 6.38. The third-order valence-electron chi connectivity index (χ3n) is 8.22. The van der Waals surface area contributed by atoms with Gasteiger partial charge in [0.05, 0.1) is 11.0 Å². The van der Waals surface area contributed by atoms with Crippen molar-refractivity contribution in [2.45, 2.75) is 12.3 Å². The summed E-state index contributed by atoms with van der Waals surface area (Å²) in [5, 5.41) is 9.82. The van der Waals surface area contributed by atoms with Crippen molar-refractivity contribution in [2.24, 2.45) is 0 Å². The first-order chi connectivity index (χ1) is 20.1. The lowest BCUT2D eigenvalue weighted by Crippen LogP contribution is -2.27. The van der Waals surface area contributed by atoms with E-state index in [2.05, 4.69) is 43.3 Å². The normalized spacial score (nSPS) is 15.7. The van der Waals surface area contributed by atoms with E-state index in [-0.39, 0.29) is 0 Å². The molecule has 1 unspecified atom stereocenters. The maximum atomic E-state index is 9.82. The molecule has 2 heterocycles. The molecule has 0 saturated heterocycles. The minimum absolute atomic E-state index is 0.455. The zero-order valence-electron chi connectivity index (χ0n) is 22.2. The van der Waals surface area contributed by atoms with Crippen LogP contribution in [0.5, 0.6) is 11.5 Å². The highest BCUT2D eigenvalue weighted by Crippen LogP contribution is 2.61. The summed E-state index contributed by atoms with van der Waals surface area (Å²) in [4.78, 5) is 14.7. The lowest BCUT2D eigenvalue weighted by Gasteiger charge is -2.35. The first-order valence-electron chi connectivity index (χ1n) is 13.5. The average molecular weight is 527 g/mol. The van der Waals surface area contributed by atoms with Gasteiger partial charge in [0.15, 0.2) is 17.5 Å². The monoisotopic (exact) mass is 526 g/mol. The van der Waals surface area contributed by atoms with Gasteiger partial charge in [0, 0.05) is 27.8 Å². The summed E-state index contributed by atoms with van der Waals surface area (Å²) >= 11 is 0. The molecule has 1 atom stereocenters. The molecule has 0 fully saturated rings. The minimum Gasteiger partial charge on any atom is -0.455 e. The topological polar surface area (TPSA) is 71.7 Å². The van der Waals surface area contributed by atoms with Crippen LogP contribution in [0.4, 0.5) is 0 Å². The van der Waals surface area contributed by atoms with Crippen LogP contribution in [0.25, 0.3) is 45.3 Å². The van der Waals surface area contributed by atoms with E-state index in [4.69, 9.17) is 19.7 Å². The molecule has 192 valence electrons. The van der Waals surface area contributed by atoms with Gasteiger partial charge in [0.2, 0.25) is 0 Å². The number of hydrogen-bond acceptors (Lipinski definition) is 5. The second-order valence-corrected chi connectivity index (χ2v) is 10.5. The third kappa shape index (κ3) is 3.38. The number of aromatic nitrogens is 3. The van der Waals surface area contributed by atoms with E-state index in [1.807, 2.05) is 84.9 Å². The minimum atomic E-state index is -0.455. The zero-order chi connectivity index (χ0) is 27.6. The van der Waals surface area contributed by atoms with Crippen LogP contribution in [0.3, 0.4) is 0 Å². The number of para-hydroxylation sites is 1. The Morgan fingerprint density at radius 3 is 1.90 bits per heavy atom. The Morgan fingerprint density at radius 2 is 1.24 bits per heavy atom. The number of fused-ring (bicyclic) bond motifs is 5. The first kappa shape index (κ1) is 23.3. The van der Waals surface area contributed by atoms with Crippen molar-refractivity contribution in [3.63, 3.8) is 0 Å². The fourth-order valence-electron chi connectivity index (χ4n) is 6.29. The highest BCUT2D eigenvalue weighted by atomic mass is 16.5. The van der Waals surface area contributed by atoms with Crippen LogP contribution in [0.2, 0.25) is 0 Å². The predicted molar refractivity (Wildman–Crippen MR) is 158 cm³/mol. The van der Waals surface area contributed by atoms with Crippen LogP contribution in [-0.2, 0) is 5.41 Å². The Labute approximate surface area is 237 Å². The van der Waals surface area contributed by atoms with E-state index in [0.29, 0.717) is 28.8 Å². The number of nitrogens with zero attached hydrogens (tertiary/aromatic N) is 4. The van der Waals surface area contributed by atoms with Crippen LogP contribution in [0, 0.1) is 11.3 Å². The summed E-state index contributed by atoms with van der Waals surface area (Å²) in [7, 11) is 0. The van der Waals surface area contributed by atoms with Gasteiger partial charge < -0.3 is 4.74 Å². The Morgan fingerprint density at radius 1 is 0.610 bits per heavy atom. The van der Waals surface area contributed by atoms with Crippen molar-refractivity contribution in [3.8, 4) is 62.9 Å². The van der Waals surface area contributed by atoms with Crippen molar-refractivity contribution in [3.05, 3.63) is 138 Å². The average Bonchev–Trinajstić information content (AvgIpc) is 3.31. The van der Waals surface area contributed by atoms with E-state index >= 15 is 0 Å².